The zero-order chi connectivity index (χ0) is 23.0. The molecule has 0 saturated heterocycles. The molecular formula is C22H22ClN5O3. The molecule has 0 fully saturated rings. The molecule has 0 radical (unpaired) electrons. The van der Waals surface area contributed by atoms with E-state index in [1.165, 1.54) is 37.3 Å². The van der Waals surface area contributed by atoms with Gasteiger partial charge < -0.3 is 10.4 Å². The molecule has 2 atom stereocenters. The molecule has 8 nitrogen and oxygen atoms in total. The molecule has 0 aliphatic carbocycles. The molecule has 2 rings (SSSR count). The summed E-state index contributed by atoms with van der Waals surface area (Å²) in [6, 6.07) is 11.9. The van der Waals surface area contributed by atoms with Crippen molar-refractivity contribution in [3.05, 3.63) is 63.7 Å². The Morgan fingerprint density at radius 1 is 1.10 bits per heavy atom. The van der Waals surface area contributed by atoms with Crippen molar-refractivity contribution in [2.24, 2.45) is 0 Å². The number of aliphatic hydroxyl groups excluding tert-OH is 1. The lowest BCUT2D eigenvalue weighted by atomic mass is 10.0. The Kier molecular flexibility index (Phi) is 8.39. The van der Waals surface area contributed by atoms with Crippen molar-refractivity contribution in [3.8, 4) is 12.1 Å². The number of amides is 2. The minimum Gasteiger partial charge on any atom is -0.391 e. The quantitative estimate of drug-likeness (QED) is 0.489. The Hall–Kier alpha value is -3.59. The Balaban J connectivity index is 2.14. The van der Waals surface area contributed by atoms with Crippen LogP contribution in [0, 0.1) is 22.7 Å². The van der Waals surface area contributed by atoms with Crippen LogP contribution >= 0.6 is 11.6 Å². The second kappa shape index (κ2) is 11.0. The molecule has 0 saturated carbocycles. The molecule has 0 aromatic heterocycles. The molecule has 0 heterocycles. The summed E-state index contributed by atoms with van der Waals surface area (Å²) in [4.78, 5) is 24.8. The molecule has 160 valence electrons. The summed E-state index contributed by atoms with van der Waals surface area (Å²) < 4.78 is 0. The first kappa shape index (κ1) is 23.7. The third kappa shape index (κ3) is 5.95. The van der Waals surface area contributed by atoms with Gasteiger partial charge in [0.25, 0.3) is 11.8 Å². The Morgan fingerprint density at radius 3 is 2.32 bits per heavy atom. The Bertz CT molecular complexity index is 1040. The SMILES string of the molecule is CCCc1c(N[C@@H](C(=O)NNC(=O)c2ccc(C#N)cc2)[C@H](C)O)ccc(C#N)c1Cl. The van der Waals surface area contributed by atoms with Crippen LogP contribution in [-0.2, 0) is 11.2 Å². The third-order valence-electron chi connectivity index (χ3n) is 4.51. The number of aliphatic hydroxyl groups is 1. The lowest BCUT2D eigenvalue weighted by Gasteiger charge is -2.24. The van der Waals surface area contributed by atoms with Crippen molar-refractivity contribution >= 4 is 29.1 Å². The van der Waals surface area contributed by atoms with E-state index in [2.05, 4.69) is 16.2 Å². The number of hydrazine groups is 1. The number of nitrogens with zero attached hydrogens (tertiary/aromatic N) is 2. The van der Waals surface area contributed by atoms with Gasteiger partial charge in [-0.15, -0.1) is 0 Å². The average molecular weight is 440 g/mol. The van der Waals surface area contributed by atoms with Gasteiger partial charge in [0.1, 0.15) is 12.1 Å². The number of hydrogen-bond acceptors (Lipinski definition) is 6. The number of carbonyl (C=O) groups is 2. The minimum absolute atomic E-state index is 0.255. The van der Waals surface area contributed by atoms with Crippen LogP contribution in [0.15, 0.2) is 36.4 Å². The van der Waals surface area contributed by atoms with E-state index in [1.807, 2.05) is 19.1 Å². The number of carbonyl (C=O) groups excluding carboxylic acids is 2. The number of halogens is 1. The fourth-order valence-corrected chi connectivity index (χ4v) is 3.18. The van der Waals surface area contributed by atoms with Gasteiger partial charge in [-0.05, 0) is 55.3 Å². The molecule has 0 bridgehead atoms. The van der Waals surface area contributed by atoms with E-state index >= 15 is 0 Å². The predicted octanol–water partition coefficient (Wildman–Crippen LogP) is 2.66. The van der Waals surface area contributed by atoms with E-state index in [9.17, 15) is 20.0 Å². The van der Waals surface area contributed by atoms with Gasteiger partial charge in [-0.2, -0.15) is 10.5 Å². The van der Waals surface area contributed by atoms with Gasteiger partial charge in [0.2, 0.25) is 0 Å². The molecule has 0 aliphatic heterocycles. The smallest absolute Gasteiger partial charge is 0.269 e. The van der Waals surface area contributed by atoms with Crippen LogP contribution < -0.4 is 16.2 Å². The zero-order valence-electron chi connectivity index (χ0n) is 17.1. The van der Waals surface area contributed by atoms with Crippen LogP contribution in [0.1, 0.15) is 47.3 Å². The fraction of sp³-hybridized carbons (Fsp3) is 0.273. The van der Waals surface area contributed by atoms with Crippen molar-refractivity contribution in [2.45, 2.75) is 38.8 Å². The molecule has 2 aromatic carbocycles. The highest BCUT2D eigenvalue weighted by Gasteiger charge is 2.26. The number of hydrogen-bond donors (Lipinski definition) is 4. The third-order valence-corrected chi connectivity index (χ3v) is 4.95. The van der Waals surface area contributed by atoms with Crippen molar-refractivity contribution in [2.75, 3.05) is 5.32 Å². The molecule has 9 heteroatoms. The van der Waals surface area contributed by atoms with Crippen LogP contribution in [-0.4, -0.2) is 29.1 Å². The molecule has 31 heavy (non-hydrogen) atoms. The first-order valence-corrected chi connectivity index (χ1v) is 9.96. The molecule has 0 aliphatic rings. The minimum atomic E-state index is -1.10. The van der Waals surface area contributed by atoms with Crippen molar-refractivity contribution < 1.29 is 14.7 Å². The van der Waals surface area contributed by atoms with Gasteiger partial charge in [0, 0.05) is 11.3 Å². The highest BCUT2D eigenvalue weighted by Crippen LogP contribution is 2.30. The zero-order valence-corrected chi connectivity index (χ0v) is 17.8. The summed E-state index contributed by atoms with van der Waals surface area (Å²) >= 11 is 6.32. The number of benzene rings is 2. The van der Waals surface area contributed by atoms with Crippen LogP contribution in [0.4, 0.5) is 5.69 Å². The highest BCUT2D eigenvalue weighted by molar-refractivity contribution is 6.33. The topological polar surface area (TPSA) is 138 Å². The molecule has 0 spiro atoms. The van der Waals surface area contributed by atoms with E-state index in [0.29, 0.717) is 33.8 Å². The van der Waals surface area contributed by atoms with Crippen molar-refractivity contribution in [1.82, 2.24) is 10.9 Å². The maximum atomic E-state index is 12.6. The second-order valence-electron chi connectivity index (χ2n) is 6.81. The highest BCUT2D eigenvalue weighted by atomic mass is 35.5. The maximum Gasteiger partial charge on any atom is 0.269 e. The summed E-state index contributed by atoms with van der Waals surface area (Å²) in [5, 5.41) is 31.4. The summed E-state index contributed by atoms with van der Waals surface area (Å²) in [6.07, 6.45) is 0.228. The maximum absolute atomic E-state index is 12.6. The van der Waals surface area contributed by atoms with Gasteiger partial charge in [-0.3, -0.25) is 20.4 Å². The number of rotatable bonds is 7. The largest absolute Gasteiger partial charge is 0.391 e. The number of nitrogens with one attached hydrogen (secondary N) is 3. The van der Waals surface area contributed by atoms with Gasteiger partial charge >= 0.3 is 0 Å². The Labute approximate surface area is 185 Å². The summed E-state index contributed by atoms with van der Waals surface area (Å²) in [6.45, 7) is 3.39. The van der Waals surface area contributed by atoms with Crippen LogP contribution in [0.25, 0.3) is 0 Å². The van der Waals surface area contributed by atoms with Crippen molar-refractivity contribution in [3.63, 3.8) is 0 Å². The van der Waals surface area contributed by atoms with E-state index in [4.69, 9.17) is 16.9 Å². The molecule has 2 amide bonds. The summed E-state index contributed by atoms with van der Waals surface area (Å²) in [7, 11) is 0. The van der Waals surface area contributed by atoms with Crippen LogP contribution in [0.3, 0.4) is 0 Å². The number of nitriles is 2. The lowest BCUT2D eigenvalue weighted by Crippen LogP contribution is -2.52. The van der Waals surface area contributed by atoms with Gasteiger partial charge in [0.05, 0.1) is 28.3 Å². The van der Waals surface area contributed by atoms with E-state index in [1.54, 1.807) is 6.07 Å². The molecule has 0 unspecified atom stereocenters. The van der Waals surface area contributed by atoms with E-state index in [-0.39, 0.29) is 5.56 Å². The molecule has 4 N–H and O–H groups in total. The fourth-order valence-electron chi connectivity index (χ4n) is 2.87. The van der Waals surface area contributed by atoms with Crippen LogP contribution in [0.5, 0.6) is 0 Å². The molecular weight excluding hydrogens is 418 g/mol. The van der Waals surface area contributed by atoms with E-state index in [0.717, 1.165) is 6.42 Å². The monoisotopic (exact) mass is 439 g/mol. The van der Waals surface area contributed by atoms with E-state index < -0.39 is 24.0 Å². The number of anilines is 1. The Morgan fingerprint density at radius 2 is 1.77 bits per heavy atom. The standard InChI is InChI=1S/C22H22ClN5O3/c1-3-4-17-18(10-9-16(12-25)19(17)23)26-20(13(2)29)22(31)28-27-21(30)15-7-5-14(11-24)6-8-15/h5-10,13,20,26,29H,3-4H2,1-2H3,(H,27,30)(H,28,31)/t13-,20+/m0/s1. The second-order valence-corrected chi connectivity index (χ2v) is 7.19. The lowest BCUT2D eigenvalue weighted by molar-refractivity contribution is -0.124. The normalized spacial score (nSPS) is 12.1. The summed E-state index contributed by atoms with van der Waals surface area (Å²) in [5.41, 5.74) is 6.74. The molecule has 2 aromatic rings. The van der Waals surface area contributed by atoms with Gasteiger partial charge in [0.15, 0.2) is 0 Å². The van der Waals surface area contributed by atoms with Crippen molar-refractivity contribution in [1.29, 1.82) is 10.5 Å². The first-order chi connectivity index (χ1) is 14.8. The van der Waals surface area contributed by atoms with Gasteiger partial charge in [-0.1, -0.05) is 24.9 Å². The first-order valence-electron chi connectivity index (χ1n) is 9.58. The average Bonchev–Trinajstić information content (AvgIpc) is 2.77. The summed E-state index contributed by atoms with van der Waals surface area (Å²) in [5.74, 6) is -1.24. The predicted molar refractivity (Wildman–Crippen MR) is 116 cm³/mol. The van der Waals surface area contributed by atoms with Gasteiger partial charge in [-0.25, -0.2) is 0 Å². The van der Waals surface area contributed by atoms with Crippen LogP contribution in [0.2, 0.25) is 5.02 Å².